The third-order valence-corrected chi connectivity index (χ3v) is 6.25. The van der Waals surface area contributed by atoms with Crippen LogP contribution in [-0.4, -0.2) is 27.2 Å². The van der Waals surface area contributed by atoms with Crippen molar-refractivity contribution in [3.05, 3.63) is 75.4 Å². The second kappa shape index (κ2) is 10.1. The summed E-state index contributed by atoms with van der Waals surface area (Å²) in [6.07, 6.45) is 1.26. The zero-order valence-electron chi connectivity index (χ0n) is 20.7. The van der Waals surface area contributed by atoms with Crippen LogP contribution in [0.4, 0.5) is 11.4 Å². The Morgan fingerprint density at radius 1 is 0.943 bits per heavy atom. The fourth-order valence-electron chi connectivity index (χ4n) is 4.60. The molecule has 1 atom stereocenters. The summed E-state index contributed by atoms with van der Waals surface area (Å²) in [5.74, 6) is 1.41. The van der Waals surface area contributed by atoms with Crippen LogP contribution in [0.5, 0.6) is 17.2 Å². The molecule has 7 heteroatoms. The van der Waals surface area contributed by atoms with E-state index < -0.39 is 0 Å². The van der Waals surface area contributed by atoms with Crippen LogP contribution in [0.2, 0.25) is 0 Å². The summed E-state index contributed by atoms with van der Waals surface area (Å²) >= 11 is 0. The van der Waals surface area contributed by atoms with Gasteiger partial charge in [0.2, 0.25) is 17.1 Å². The van der Waals surface area contributed by atoms with Gasteiger partial charge in [-0.05, 0) is 66.8 Å². The van der Waals surface area contributed by atoms with Gasteiger partial charge in [-0.3, -0.25) is 9.59 Å². The third-order valence-electron chi connectivity index (χ3n) is 6.25. The van der Waals surface area contributed by atoms with E-state index in [0.29, 0.717) is 35.8 Å². The smallest absolute Gasteiger partial charge is 0.217 e. The van der Waals surface area contributed by atoms with Crippen LogP contribution < -0.4 is 30.3 Å². The number of benzene rings is 2. The summed E-state index contributed by atoms with van der Waals surface area (Å²) in [6.45, 7) is 3.49. The van der Waals surface area contributed by atoms with E-state index in [4.69, 9.17) is 14.2 Å². The van der Waals surface area contributed by atoms with E-state index >= 15 is 0 Å². The van der Waals surface area contributed by atoms with Crippen LogP contribution in [0.1, 0.15) is 36.1 Å². The average molecular weight is 475 g/mol. The molecule has 2 N–H and O–H groups in total. The topological polar surface area (TPSA) is 85.9 Å². The molecule has 182 valence electrons. The molecule has 1 unspecified atom stereocenters. The van der Waals surface area contributed by atoms with Gasteiger partial charge in [0.1, 0.15) is 0 Å². The lowest BCUT2D eigenvalue weighted by Crippen LogP contribution is -2.26. The predicted molar refractivity (Wildman–Crippen MR) is 137 cm³/mol. The summed E-state index contributed by atoms with van der Waals surface area (Å²) in [4.78, 5) is 25.4. The average Bonchev–Trinajstić information content (AvgIpc) is 3.08. The monoisotopic (exact) mass is 474 g/mol. The summed E-state index contributed by atoms with van der Waals surface area (Å²) in [6, 6.07) is 14.7. The molecule has 0 bridgehead atoms. The summed E-state index contributed by atoms with van der Waals surface area (Å²) in [5, 5.41) is 6.25. The van der Waals surface area contributed by atoms with E-state index in [0.717, 1.165) is 33.5 Å². The molecule has 7 nitrogen and oxygen atoms in total. The minimum Gasteiger partial charge on any atom is -0.493 e. The molecule has 0 saturated carbocycles. The maximum Gasteiger partial charge on any atom is 0.217 e. The number of carbonyl (C=O) groups is 1. The van der Waals surface area contributed by atoms with Crippen molar-refractivity contribution in [3.8, 4) is 28.4 Å². The molecule has 0 aliphatic heterocycles. The number of aryl methyl sites for hydroxylation is 2. The molecule has 1 aliphatic rings. The van der Waals surface area contributed by atoms with Crippen LogP contribution >= 0.6 is 0 Å². The molecular formula is C28H30N2O5. The number of nitrogens with one attached hydrogen (secondary N) is 2. The van der Waals surface area contributed by atoms with Crippen molar-refractivity contribution < 1.29 is 19.0 Å². The van der Waals surface area contributed by atoms with Gasteiger partial charge in [0.05, 0.1) is 33.1 Å². The highest BCUT2D eigenvalue weighted by Gasteiger charge is 2.29. The zero-order valence-corrected chi connectivity index (χ0v) is 20.7. The Morgan fingerprint density at radius 2 is 1.66 bits per heavy atom. The SMILES string of the molecule is COc1cc2c(c(OC)c1OC)-c1ccc(Nc3ccc(C)cc3)c(=O)cc1C(NC(C)=O)CC2. The van der Waals surface area contributed by atoms with Crippen molar-refractivity contribution in [1.82, 2.24) is 5.32 Å². The highest BCUT2D eigenvalue weighted by Crippen LogP contribution is 2.50. The van der Waals surface area contributed by atoms with E-state index in [1.165, 1.54) is 6.92 Å². The normalized spacial score (nSPS) is 14.1. The van der Waals surface area contributed by atoms with Crippen LogP contribution in [0.25, 0.3) is 11.1 Å². The number of ether oxygens (including phenoxy) is 3. The Labute approximate surface area is 205 Å². The van der Waals surface area contributed by atoms with Gasteiger partial charge in [-0.15, -0.1) is 0 Å². The molecule has 3 aromatic carbocycles. The Morgan fingerprint density at radius 3 is 2.29 bits per heavy atom. The minimum absolute atomic E-state index is 0.161. The van der Waals surface area contributed by atoms with E-state index in [1.807, 2.05) is 43.3 Å². The Kier molecular flexibility index (Phi) is 6.96. The first kappa shape index (κ1) is 24.1. The second-order valence-corrected chi connectivity index (χ2v) is 8.59. The van der Waals surface area contributed by atoms with Crippen LogP contribution in [0.15, 0.2) is 53.3 Å². The molecule has 0 fully saturated rings. The summed E-state index contributed by atoms with van der Waals surface area (Å²) in [7, 11) is 4.73. The maximum absolute atomic E-state index is 13.3. The third kappa shape index (κ3) is 4.80. The fourth-order valence-corrected chi connectivity index (χ4v) is 4.60. The summed E-state index contributed by atoms with van der Waals surface area (Å²) < 4.78 is 17.0. The van der Waals surface area contributed by atoms with Crippen molar-refractivity contribution in [1.29, 1.82) is 0 Å². The minimum atomic E-state index is -0.344. The van der Waals surface area contributed by atoms with Crippen LogP contribution in [-0.2, 0) is 11.2 Å². The standard InChI is InChI=1S/C28H30N2O5/c1-16-6-9-19(10-7-16)30-23-13-11-20-21(15-24(23)32)22(29-17(2)31)12-8-18-14-25(33-3)27(34-4)28(35-5)26(18)20/h6-7,9-11,13-15,22H,8,12H2,1-5H3,(H,29,31)(H,30,32). The predicted octanol–water partition coefficient (Wildman–Crippen LogP) is 4.92. The molecule has 0 saturated heterocycles. The van der Waals surface area contributed by atoms with Gasteiger partial charge in [-0.25, -0.2) is 0 Å². The second-order valence-electron chi connectivity index (χ2n) is 8.59. The lowest BCUT2D eigenvalue weighted by molar-refractivity contribution is -0.119. The van der Waals surface area contributed by atoms with E-state index in [1.54, 1.807) is 33.5 Å². The number of amides is 1. The number of hydrogen-bond donors (Lipinski definition) is 2. The highest BCUT2D eigenvalue weighted by atomic mass is 16.5. The Bertz CT molecular complexity index is 1320. The molecule has 0 aromatic heterocycles. The first-order valence-corrected chi connectivity index (χ1v) is 11.5. The molecule has 1 amide bonds. The molecule has 4 rings (SSSR count). The molecule has 0 radical (unpaired) electrons. The van der Waals surface area contributed by atoms with Crippen LogP contribution in [0, 0.1) is 6.92 Å². The van der Waals surface area contributed by atoms with Gasteiger partial charge < -0.3 is 24.8 Å². The van der Waals surface area contributed by atoms with Crippen LogP contribution in [0.3, 0.4) is 0 Å². The van der Waals surface area contributed by atoms with Crippen molar-refractivity contribution in [2.75, 3.05) is 26.6 Å². The lowest BCUT2D eigenvalue weighted by atomic mass is 9.95. The number of methoxy groups -OCH3 is 3. The molecule has 1 aliphatic carbocycles. The first-order chi connectivity index (χ1) is 16.9. The number of rotatable bonds is 6. The molecular weight excluding hydrogens is 444 g/mol. The van der Waals surface area contributed by atoms with Gasteiger partial charge in [0.25, 0.3) is 0 Å². The van der Waals surface area contributed by atoms with Crippen molar-refractivity contribution in [2.24, 2.45) is 0 Å². The number of fused-ring (bicyclic) bond motifs is 3. The molecule has 0 heterocycles. The maximum atomic E-state index is 13.3. The van der Waals surface area contributed by atoms with Crippen molar-refractivity contribution in [3.63, 3.8) is 0 Å². The number of anilines is 2. The van der Waals surface area contributed by atoms with Gasteiger partial charge in [0.15, 0.2) is 11.5 Å². The lowest BCUT2D eigenvalue weighted by Gasteiger charge is -2.19. The number of carbonyl (C=O) groups excluding carboxylic acids is 1. The molecule has 0 spiro atoms. The quantitative estimate of drug-likeness (QED) is 0.528. The zero-order chi connectivity index (χ0) is 25.1. The van der Waals surface area contributed by atoms with E-state index in [2.05, 4.69) is 10.6 Å². The van der Waals surface area contributed by atoms with Gasteiger partial charge in [-0.1, -0.05) is 23.8 Å². The molecule has 35 heavy (non-hydrogen) atoms. The molecule has 3 aromatic rings. The first-order valence-electron chi connectivity index (χ1n) is 11.5. The van der Waals surface area contributed by atoms with Crippen molar-refractivity contribution in [2.45, 2.75) is 32.7 Å². The fraction of sp³-hybridized carbons (Fsp3) is 0.286. The largest absolute Gasteiger partial charge is 0.493 e. The van der Waals surface area contributed by atoms with Gasteiger partial charge >= 0.3 is 0 Å². The van der Waals surface area contributed by atoms with E-state index in [9.17, 15) is 9.59 Å². The van der Waals surface area contributed by atoms with Gasteiger partial charge in [-0.2, -0.15) is 0 Å². The Hall–Kier alpha value is -4.00. The summed E-state index contributed by atoms with van der Waals surface area (Å²) in [5.41, 5.74) is 5.54. The van der Waals surface area contributed by atoms with Crippen molar-refractivity contribution >= 4 is 17.3 Å². The van der Waals surface area contributed by atoms with Gasteiger partial charge in [0, 0.05) is 18.2 Å². The Balaban J connectivity index is 1.97. The highest BCUT2D eigenvalue weighted by molar-refractivity contribution is 5.84. The number of hydrogen-bond acceptors (Lipinski definition) is 6. The van der Waals surface area contributed by atoms with E-state index in [-0.39, 0.29) is 17.4 Å².